The molecule has 0 aromatic heterocycles. The molecule has 0 radical (unpaired) electrons. The average Bonchev–Trinajstić information content (AvgIpc) is 2.04. The molecule has 2 heteroatoms. The molecule has 0 spiro atoms. The van der Waals surface area contributed by atoms with Crippen LogP contribution in [0.4, 0.5) is 0 Å². The highest BCUT2D eigenvalue weighted by Crippen LogP contribution is 1.98. The van der Waals surface area contributed by atoms with E-state index >= 15 is 0 Å². The molecule has 1 N–H and O–H groups in total. The summed E-state index contributed by atoms with van der Waals surface area (Å²) in [4.78, 5) is 0. The van der Waals surface area contributed by atoms with Crippen LogP contribution in [0, 0.1) is 0 Å². The lowest BCUT2D eigenvalue weighted by molar-refractivity contribution is 0.792. The predicted molar refractivity (Wildman–Crippen MR) is 53.4 cm³/mol. The van der Waals surface area contributed by atoms with Crippen molar-refractivity contribution in [3.05, 3.63) is 29.8 Å². The maximum absolute atomic E-state index is 3.13. The molecule has 0 aliphatic heterocycles. The van der Waals surface area contributed by atoms with Gasteiger partial charge in [-0.1, -0.05) is 24.3 Å². The largest absolute Gasteiger partial charge is 0.319 e. The molecule has 1 rings (SSSR count). The van der Waals surface area contributed by atoms with Crippen molar-refractivity contribution in [2.75, 3.05) is 13.6 Å². The van der Waals surface area contributed by atoms with Crippen LogP contribution in [0.1, 0.15) is 5.56 Å². The lowest BCUT2D eigenvalue weighted by Crippen LogP contribution is -2.10. The first kappa shape index (κ1) is 8.70. The van der Waals surface area contributed by atoms with Gasteiger partial charge in [0, 0.05) is 0 Å². The third-order valence-corrected chi connectivity index (χ3v) is 2.03. The Balaban J connectivity index is 2.52. The van der Waals surface area contributed by atoms with Crippen LogP contribution >= 0.6 is 9.24 Å². The van der Waals surface area contributed by atoms with E-state index in [1.54, 1.807) is 0 Å². The van der Waals surface area contributed by atoms with E-state index in [1.165, 1.54) is 10.9 Å². The Kier molecular flexibility index (Phi) is 3.55. The van der Waals surface area contributed by atoms with Gasteiger partial charge in [0.25, 0.3) is 0 Å². The second-order valence-corrected chi connectivity index (χ2v) is 3.26. The molecule has 1 unspecified atom stereocenters. The van der Waals surface area contributed by atoms with Crippen LogP contribution in [0.3, 0.4) is 0 Å². The first-order valence-corrected chi connectivity index (χ1v) is 4.39. The van der Waals surface area contributed by atoms with Crippen LogP contribution in [0.5, 0.6) is 0 Å². The minimum absolute atomic E-state index is 1.05. The Morgan fingerprint density at radius 3 is 2.45 bits per heavy atom. The van der Waals surface area contributed by atoms with E-state index in [-0.39, 0.29) is 0 Å². The smallest absolute Gasteiger partial charge is 0.00114 e. The van der Waals surface area contributed by atoms with Gasteiger partial charge in [-0.15, -0.1) is 9.24 Å². The van der Waals surface area contributed by atoms with Crippen molar-refractivity contribution in [2.45, 2.75) is 6.42 Å². The first-order valence-electron chi connectivity index (χ1n) is 3.82. The van der Waals surface area contributed by atoms with Crippen molar-refractivity contribution < 1.29 is 0 Å². The van der Waals surface area contributed by atoms with Crippen LogP contribution in [0.25, 0.3) is 0 Å². The first-order chi connectivity index (χ1) is 5.33. The zero-order valence-corrected chi connectivity index (χ0v) is 7.96. The van der Waals surface area contributed by atoms with E-state index in [9.17, 15) is 0 Å². The Hall–Kier alpha value is -0.390. The summed E-state index contributed by atoms with van der Waals surface area (Å²) in [5, 5.41) is 4.37. The van der Waals surface area contributed by atoms with E-state index in [1.807, 2.05) is 7.05 Å². The summed E-state index contributed by atoms with van der Waals surface area (Å²) in [6.07, 6.45) is 1.11. The zero-order chi connectivity index (χ0) is 8.10. The van der Waals surface area contributed by atoms with Crippen molar-refractivity contribution in [3.63, 3.8) is 0 Å². The number of benzene rings is 1. The van der Waals surface area contributed by atoms with E-state index < -0.39 is 0 Å². The molecule has 60 valence electrons. The third kappa shape index (κ3) is 3.00. The summed E-state index contributed by atoms with van der Waals surface area (Å²) in [5.74, 6) is 0. The fourth-order valence-corrected chi connectivity index (χ4v) is 1.15. The third-order valence-electron chi connectivity index (χ3n) is 1.64. The molecule has 0 saturated carbocycles. The SMILES string of the molecule is CNCCc1ccc(P)cc1. The van der Waals surface area contributed by atoms with Crippen LogP contribution in [0.15, 0.2) is 24.3 Å². The summed E-state index contributed by atoms with van der Waals surface area (Å²) in [6, 6.07) is 8.57. The second kappa shape index (κ2) is 4.48. The molecule has 1 nitrogen and oxygen atoms in total. The van der Waals surface area contributed by atoms with E-state index in [4.69, 9.17) is 0 Å². The highest BCUT2D eigenvalue weighted by Gasteiger charge is 1.89. The summed E-state index contributed by atoms with van der Waals surface area (Å²) < 4.78 is 0. The Morgan fingerprint density at radius 2 is 1.91 bits per heavy atom. The van der Waals surface area contributed by atoms with Crippen molar-refractivity contribution in [1.82, 2.24) is 5.32 Å². The quantitative estimate of drug-likeness (QED) is 0.661. The molecular formula is C9H14NP. The topological polar surface area (TPSA) is 12.0 Å². The van der Waals surface area contributed by atoms with Crippen LogP contribution < -0.4 is 10.6 Å². The maximum atomic E-state index is 3.13. The lowest BCUT2D eigenvalue weighted by Gasteiger charge is -1.99. The molecule has 0 aliphatic rings. The van der Waals surface area contributed by atoms with Gasteiger partial charge in [0.2, 0.25) is 0 Å². The fraction of sp³-hybridized carbons (Fsp3) is 0.333. The van der Waals surface area contributed by atoms with Crippen molar-refractivity contribution >= 4 is 14.5 Å². The number of hydrogen-bond donors (Lipinski definition) is 1. The Bertz CT molecular complexity index is 205. The summed E-state index contributed by atoms with van der Waals surface area (Å²) in [7, 11) is 4.66. The van der Waals surface area contributed by atoms with Crippen molar-refractivity contribution in [1.29, 1.82) is 0 Å². The van der Waals surface area contributed by atoms with Gasteiger partial charge in [0.05, 0.1) is 0 Å². The predicted octanol–water partition coefficient (Wildman–Crippen LogP) is 0.949. The number of rotatable bonds is 3. The molecule has 11 heavy (non-hydrogen) atoms. The van der Waals surface area contributed by atoms with Gasteiger partial charge in [-0.25, -0.2) is 0 Å². The second-order valence-electron chi connectivity index (χ2n) is 2.60. The summed E-state index contributed by atoms with van der Waals surface area (Å²) in [5.41, 5.74) is 1.39. The fourth-order valence-electron chi connectivity index (χ4n) is 0.954. The molecule has 1 aromatic carbocycles. The summed E-state index contributed by atoms with van der Waals surface area (Å²) in [6.45, 7) is 1.05. The van der Waals surface area contributed by atoms with Gasteiger partial charge in [-0.05, 0) is 30.9 Å². The van der Waals surface area contributed by atoms with E-state index in [0.717, 1.165) is 13.0 Å². The van der Waals surface area contributed by atoms with Gasteiger partial charge < -0.3 is 5.32 Å². The standard InChI is InChI=1S/C9H14NP/c1-10-7-6-8-2-4-9(11)5-3-8/h2-5,10H,6-7,11H2,1H3. The highest BCUT2D eigenvalue weighted by atomic mass is 31.0. The Labute approximate surface area is 70.4 Å². The molecule has 0 fully saturated rings. The Morgan fingerprint density at radius 1 is 1.27 bits per heavy atom. The molecule has 1 aromatic rings. The van der Waals surface area contributed by atoms with Crippen molar-refractivity contribution in [3.8, 4) is 0 Å². The van der Waals surface area contributed by atoms with Crippen LogP contribution in [-0.2, 0) is 6.42 Å². The van der Waals surface area contributed by atoms with Gasteiger partial charge in [-0.3, -0.25) is 0 Å². The lowest BCUT2D eigenvalue weighted by atomic mass is 10.1. The minimum Gasteiger partial charge on any atom is -0.319 e. The van der Waals surface area contributed by atoms with Crippen LogP contribution in [-0.4, -0.2) is 13.6 Å². The number of hydrogen-bond acceptors (Lipinski definition) is 1. The van der Waals surface area contributed by atoms with Crippen molar-refractivity contribution in [2.24, 2.45) is 0 Å². The van der Waals surface area contributed by atoms with Gasteiger partial charge in [-0.2, -0.15) is 0 Å². The molecular weight excluding hydrogens is 153 g/mol. The highest BCUT2D eigenvalue weighted by molar-refractivity contribution is 7.27. The molecule has 0 saturated heterocycles. The molecule has 1 atom stereocenters. The molecule has 0 aliphatic carbocycles. The van der Waals surface area contributed by atoms with Crippen LogP contribution in [0.2, 0.25) is 0 Å². The number of nitrogens with one attached hydrogen (secondary N) is 1. The average molecular weight is 167 g/mol. The van der Waals surface area contributed by atoms with E-state index in [0.29, 0.717) is 0 Å². The number of likely N-dealkylation sites (N-methyl/N-ethyl adjacent to an activating group) is 1. The normalized spacial score (nSPS) is 10.0. The summed E-state index contributed by atoms with van der Waals surface area (Å²) >= 11 is 0. The molecule has 0 heterocycles. The maximum Gasteiger partial charge on any atom is -0.00114 e. The zero-order valence-electron chi connectivity index (χ0n) is 6.80. The molecule has 0 amide bonds. The van der Waals surface area contributed by atoms with Gasteiger partial charge >= 0.3 is 0 Å². The minimum atomic E-state index is 1.05. The van der Waals surface area contributed by atoms with E-state index in [2.05, 4.69) is 38.8 Å². The van der Waals surface area contributed by atoms with Gasteiger partial charge in [0.1, 0.15) is 0 Å². The monoisotopic (exact) mass is 167 g/mol. The molecule has 0 bridgehead atoms. The van der Waals surface area contributed by atoms with Gasteiger partial charge in [0.15, 0.2) is 0 Å².